The summed E-state index contributed by atoms with van der Waals surface area (Å²) in [7, 11) is 0. The van der Waals surface area contributed by atoms with Gasteiger partial charge in [-0.25, -0.2) is 4.79 Å². The van der Waals surface area contributed by atoms with Gasteiger partial charge in [-0.05, 0) is 12.1 Å². The third-order valence-corrected chi connectivity index (χ3v) is 2.19. The Kier molecular flexibility index (Phi) is 4.22. The van der Waals surface area contributed by atoms with Crippen LogP contribution in [-0.2, 0) is 0 Å². The maximum atomic E-state index is 10.9. The molecular formula is C10H9BrN2O4. The third kappa shape index (κ3) is 3.56. The summed E-state index contributed by atoms with van der Waals surface area (Å²) < 4.78 is 0.688. The number of nitrogens with zero attached hydrogens (tertiary/aromatic N) is 1. The van der Waals surface area contributed by atoms with Gasteiger partial charge in [0.25, 0.3) is 5.69 Å². The van der Waals surface area contributed by atoms with Crippen molar-refractivity contribution in [1.82, 2.24) is 0 Å². The molecule has 6 nitrogen and oxygen atoms in total. The topological polar surface area (TPSA) is 92.5 Å². The third-order valence-electron chi connectivity index (χ3n) is 1.91. The molecule has 1 aromatic rings. The Hall–Kier alpha value is -1.89. The molecular weight excluding hydrogens is 292 g/mol. The van der Waals surface area contributed by atoms with E-state index in [4.69, 9.17) is 5.11 Å². The molecule has 0 saturated carbocycles. The lowest BCUT2D eigenvalue weighted by Gasteiger charge is -2.06. The number of hydrogen-bond donors (Lipinski definition) is 2. The van der Waals surface area contributed by atoms with Crippen LogP contribution in [0.15, 0.2) is 29.3 Å². The SMILES string of the molecule is C=C(Br)CNc1ccc([N+](=O)[O-])c(C(=O)O)c1. The van der Waals surface area contributed by atoms with Gasteiger partial charge in [-0.2, -0.15) is 0 Å². The van der Waals surface area contributed by atoms with Gasteiger partial charge in [0, 0.05) is 22.8 Å². The summed E-state index contributed by atoms with van der Waals surface area (Å²) in [6.45, 7) is 4.00. The number of aromatic carboxylic acids is 1. The van der Waals surface area contributed by atoms with Crippen LogP contribution in [0, 0.1) is 10.1 Å². The zero-order chi connectivity index (χ0) is 13.0. The molecule has 1 aromatic carbocycles. The average Bonchev–Trinajstić information content (AvgIpc) is 2.25. The maximum Gasteiger partial charge on any atom is 0.342 e. The van der Waals surface area contributed by atoms with Gasteiger partial charge in [-0.15, -0.1) is 0 Å². The van der Waals surface area contributed by atoms with Gasteiger partial charge in [0.15, 0.2) is 0 Å². The summed E-state index contributed by atoms with van der Waals surface area (Å²) in [5.74, 6) is -1.34. The van der Waals surface area contributed by atoms with Crippen LogP contribution in [0.25, 0.3) is 0 Å². The molecule has 17 heavy (non-hydrogen) atoms. The molecule has 0 amide bonds. The van der Waals surface area contributed by atoms with Crippen molar-refractivity contribution in [3.63, 3.8) is 0 Å². The van der Waals surface area contributed by atoms with E-state index in [-0.39, 0.29) is 5.56 Å². The molecule has 7 heteroatoms. The van der Waals surface area contributed by atoms with E-state index in [1.807, 2.05) is 0 Å². The summed E-state index contributed by atoms with van der Waals surface area (Å²) >= 11 is 3.14. The fraction of sp³-hybridized carbons (Fsp3) is 0.100. The molecule has 0 bridgehead atoms. The van der Waals surface area contributed by atoms with E-state index in [9.17, 15) is 14.9 Å². The Morgan fingerprint density at radius 1 is 1.59 bits per heavy atom. The lowest BCUT2D eigenvalue weighted by molar-refractivity contribution is -0.385. The number of carbonyl (C=O) groups is 1. The fourth-order valence-electron chi connectivity index (χ4n) is 1.17. The Bertz CT molecular complexity index is 487. The molecule has 0 saturated heterocycles. The Morgan fingerprint density at radius 3 is 2.71 bits per heavy atom. The monoisotopic (exact) mass is 300 g/mol. The van der Waals surface area contributed by atoms with Crippen LogP contribution in [-0.4, -0.2) is 22.5 Å². The number of anilines is 1. The van der Waals surface area contributed by atoms with Crippen LogP contribution in [0.5, 0.6) is 0 Å². The number of hydrogen-bond acceptors (Lipinski definition) is 4. The van der Waals surface area contributed by atoms with E-state index in [0.717, 1.165) is 6.07 Å². The highest BCUT2D eigenvalue weighted by Crippen LogP contribution is 2.23. The maximum absolute atomic E-state index is 10.9. The van der Waals surface area contributed by atoms with Crippen molar-refractivity contribution in [2.75, 3.05) is 11.9 Å². The number of rotatable bonds is 5. The zero-order valence-electron chi connectivity index (χ0n) is 8.64. The molecule has 0 aliphatic rings. The molecule has 0 aromatic heterocycles. The molecule has 0 spiro atoms. The van der Waals surface area contributed by atoms with E-state index in [0.29, 0.717) is 16.7 Å². The van der Waals surface area contributed by atoms with Crippen LogP contribution in [0.2, 0.25) is 0 Å². The first-order valence-electron chi connectivity index (χ1n) is 4.50. The van der Waals surface area contributed by atoms with Crippen molar-refractivity contribution in [3.8, 4) is 0 Å². The minimum Gasteiger partial charge on any atom is -0.477 e. The van der Waals surface area contributed by atoms with E-state index in [1.165, 1.54) is 12.1 Å². The van der Waals surface area contributed by atoms with Crippen LogP contribution >= 0.6 is 15.9 Å². The second-order valence-electron chi connectivity index (χ2n) is 3.17. The highest BCUT2D eigenvalue weighted by Gasteiger charge is 2.19. The molecule has 0 aliphatic heterocycles. The van der Waals surface area contributed by atoms with Crippen LogP contribution in [0.1, 0.15) is 10.4 Å². The second kappa shape index (κ2) is 5.44. The Morgan fingerprint density at radius 2 is 2.24 bits per heavy atom. The standard InChI is InChI=1S/C10H9BrN2O4/c1-6(11)5-12-7-2-3-9(13(16)17)8(4-7)10(14)15/h2-4,12H,1,5H2,(H,14,15). The number of halogens is 1. The van der Waals surface area contributed by atoms with Crippen molar-refractivity contribution in [1.29, 1.82) is 0 Å². The molecule has 0 heterocycles. The smallest absolute Gasteiger partial charge is 0.342 e. The quantitative estimate of drug-likeness (QED) is 0.644. The van der Waals surface area contributed by atoms with Crippen molar-refractivity contribution >= 4 is 33.3 Å². The van der Waals surface area contributed by atoms with Crippen molar-refractivity contribution in [2.45, 2.75) is 0 Å². The molecule has 0 radical (unpaired) electrons. The van der Waals surface area contributed by atoms with Crippen LogP contribution in [0.3, 0.4) is 0 Å². The number of nitrogens with one attached hydrogen (secondary N) is 1. The first kappa shape index (κ1) is 13.2. The summed E-state index contributed by atoms with van der Waals surface area (Å²) in [4.78, 5) is 20.7. The summed E-state index contributed by atoms with van der Waals surface area (Å²) in [5.41, 5.74) is -0.297. The van der Waals surface area contributed by atoms with Crippen molar-refractivity contribution in [3.05, 3.63) is 44.9 Å². The molecule has 0 aliphatic carbocycles. The summed E-state index contributed by atoms with van der Waals surface area (Å²) in [5, 5.41) is 22.3. The second-order valence-corrected chi connectivity index (χ2v) is 4.29. The lowest BCUT2D eigenvalue weighted by atomic mass is 10.1. The van der Waals surface area contributed by atoms with Crippen molar-refractivity contribution in [2.24, 2.45) is 0 Å². The highest BCUT2D eigenvalue weighted by atomic mass is 79.9. The molecule has 2 N–H and O–H groups in total. The van der Waals surface area contributed by atoms with Gasteiger partial charge in [-0.3, -0.25) is 10.1 Å². The minimum absolute atomic E-state index is 0.347. The number of benzene rings is 1. The van der Waals surface area contributed by atoms with E-state index in [1.54, 1.807) is 0 Å². The number of carboxylic acids is 1. The molecule has 90 valence electrons. The summed E-state index contributed by atoms with van der Waals surface area (Å²) in [6, 6.07) is 3.82. The molecule has 0 unspecified atom stereocenters. The van der Waals surface area contributed by atoms with Gasteiger partial charge >= 0.3 is 5.97 Å². The largest absolute Gasteiger partial charge is 0.477 e. The lowest BCUT2D eigenvalue weighted by Crippen LogP contribution is -2.06. The van der Waals surface area contributed by atoms with E-state index in [2.05, 4.69) is 27.8 Å². The summed E-state index contributed by atoms with van der Waals surface area (Å²) in [6.07, 6.45) is 0. The number of carboxylic acid groups (broad SMARTS) is 1. The first-order chi connectivity index (χ1) is 7.91. The van der Waals surface area contributed by atoms with E-state index < -0.39 is 16.6 Å². The van der Waals surface area contributed by atoms with Gasteiger partial charge in [-0.1, -0.05) is 22.5 Å². The van der Waals surface area contributed by atoms with Gasteiger partial charge in [0.1, 0.15) is 5.56 Å². The molecule has 0 fully saturated rings. The average molecular weight is 301 g/mol. The Labute approximate surface area is 105 Å². The van der Waals surface area contributed by atoms with Gasteiger partial charge in [0.05, 0.1) is 4.92 Å². The highest BCUT2D eigenvalue weighted by molar-refractivity contribution is 9.11. The minimum atomic E-state index is -1.34. The predicted octanol–water partition coefficient (Wildman–Crippen LogP) is 2.61. The molecule has 1 rings (SSSR count). The predicted molar refractivity (Wildman–Crippen MR) is 66.6 cm³/mol. The number of nitro benzene ring substituents is 1. The van der Waals surface area contributed by atoms with Gasteiger partial charge in [0.2, 0.25) is 0 Å². The van der Waals surface area contributed by atoms with Crippen LogP contribution < -0.4 is 5.32 Å². The van der Waals surface area contributed by atoms with Crippen LogP contribution in [0.4, 0.5) is 11.4 Å². The fourth-order valence-corrected chi connectivity index (χ4v) is 1.31. The molecule has 0 atom stereocenters. The number of nitro groups is 1. The zero-order valence-corrected chi connectivity index (χ0v) is 10.2. The van der Waals surface area contributed by atoms with Crippen molar-refractivity contribution < 1.29 is 14.8 Å². The first-order valence-corrected chi connectivity index (χ1v) is 5.30. The normalized spacial score (nSPS) is 9.71. The Balaban J connectivity index is 3.05. The van der Waals surface area contributed by atoms with Gasteiger partial charge < -0.3 is 10.4 Å². The van der Waals surface area contributed by atoms with E-state index >= 15 is 0 Å².